The van der Waals surface area contributed by atoms with Crippen molar-refractivity contribution in [3.8, 4) is 0 Å². The fraction of sp³-hybridized carbons (Fsp3) is 0.200. The molecule has 78 valence electrons. The van der Waals surface area contributed by atoms with Gasteiger partial charge in [0.15, 0.2) is 0 Å². The SMILES string of the molecule is CC(=C=O)P(=O)(ONC=O)ONC=O. The van der Waals surface area contributed by atoms with Crippen LogP contribution in [0.4, 0.5) is 0 Å². The summed E-state index contributed by atoms with van der Waals surface area (Å²) in [4.78, 5) is 29.8. The monoisotopic (exact) mass is 222 g/mol. The molecule has 0 saturated carbocycles. The predicted octanol–water partition coefficient (Wildman–Crippen LogP) is -0.730. The minimum Gasteiger partial charge on any atom is -0.277 e. The van der Waals surface area contributed by atoms with Crippen molar-refractivity contribution in [2.24, 2.45) is 0 Å². The van der Waals surface area contributed by atoms with Crippen LogP contribution in [0.25, 0.3) is 0 Å². The third-order valence-corrected chi connectivity index (χ3v) is 2.60. The molecule has 0 radical (unpaired) electrons. The van der Waals surface area contributed by atoms with E-state index in [1.165, 1.54) is 5.94 Å². The Labute approximate surface area is 78.7 Å². The van der Waals surface area contributed by atoms with Gasteiger partial charge in [-0.15, -0.1) is 0 Å². The Morgan fingerprint density at radius 3 is 2.00 bits per heavy atom. The second kappa shape index (κ2) is 6.06. The molecule has 0 spiro atoms. The van der Waals surface area contributed by atoms with Gasteiger partial charge in [0.1, 0.15) is 11.3 Å². The number of carbonyl (C=O) groups is 2. The van der Waals surface area contributed by atoms with Crippen LogP contribution in [0.3, 0.4) is 0 Å². The van der Waals surface area contributed by atoms with E-state index < -0.39 is 12.9 Å². The molecule has 0 unspecified atom stereocenters. The van der Waals surface area contributed by atoms with E-state index in [9.17, 15) is 18.9 Å². The highest BCUT2D eigenvalue weighted by atomic mass is 31.2. The molecule has 0 rings (SSSR count). The second-order valence-electron chi connectivity index (χ2n) is 1.84. The topological polar surface area (TPSA) is 111 Å². The van der Waals surface area contributed by atoms with Gasteiger partial charge in [-0.1, -0.05) is 0 Å². The zero-order valence-electron chi connectivity index (χ0n) is 7.05. The molecule has 0 aliphatic heterocycles. The first-order chi connectivity index (χ1) is 6.60. The minimum absolute atomic E-state index is 0.0784. The fourth-order valence-corrected chi connectivity index (χ4v) is 1.18. The van der Waals surface area contributed by atoms with Crippen molar-refractivity contribution >= 4 is 26.4 Å². The lowest BCUT2D eigenvalue weighted by atomic mass is 10.7. The quantitative estimate of drug-likeness (QED) is 0.254. The zero-order chi connectivity index (χ0) is 11.0. The fourth-order valence-electron chi connectivity index (χ4n) is 0.393. The summed E-state index contributed by atoms with van der Waals surface area (Å²) in [6.45, 7) is 1.10. The van der Waals surface area contributed by atoms with E-state index in [4.69, 9.17) is 0 Å². The third-order valence-electron chi connectivity index (χ3n) is 1.00. The molecule has 9 heteroatoms. The standard InChI is InChI=1S/C5H7N2O6P/c1-5(2-8)14(11,12-6-3-9)13-7-4-10/h3-4H,1H3,(H,6,9)(H,7,10). The predicted molar refractivity (Wildman–Crippen MR) is 43.1 cm³/mol. The Morgan fingerprint density at radius 1 is 1.29 bits per heavy atom. The number of hydrogen-bond acceptors (Lipinski definition) is 6. The highest BCUT2D eigenvalue weighted by Crippen LogP contribution is 2.52. The first-order valence-corrected chi connectivity index (χ1v) is 4.73. The van der Waals surface area contributed by atoms with Crippen LogP contribution in [-0.4, -0.2) is 18.8 Å². The maximum absolute atomic E-state index is 11.5. The van der Waals surface area contributed by atoms with Crippen molar-refractivity contribution in [3.63, 3.8) is 0 Å². The van der Waals surface area contributed by atoms with E-state index in [0.29, 0.717) is 0 Å². The largest absolute Gasteiger partial charge is 0.410 e. The number of allylic oxidation sites excluding steroid dienone is 1. The Morgan fingerprint density at radius 2 is 1.71 bits per heavy atom. The molecule has 0 fully saturated rings. The molecular weight excluding hydrogens is 215 g/mol. The Balaban J connectivity index is 4.65. The third kappa shape index (κ3) is 3.51. The Bertz CT molecular complexity index is 293. The molecule has 0 aromatic rings. The van der Waals surface area contributed by atoms with Crippen molar-refractivity contribution in [3.05, 3.63) is 5.31 Å². The van der Waals surface area contributed by atoms with E-state index in [0.717, 1.165) is 6.92 Å². The van der Waals surface area contributed by atoms with Crippen LogP contribution in [-0.2, 0) is 28.2 Å². The summed E-state index contributed by atoms with van der Waals surface area (Å²) in [7, 11) is -4.04. The molecule has 2 N–H and O–H groups in total. The lowest BCUT2D eigenvalue weighted by Crippen LogP contribution is -2.17. The zero-order valence-corrected chi connectivity index (χ0v) is 7.95. The van der Waals surface area contributed by atoms with Gasteiger partial charge in [-0.25, -0.2) is 20.3 Å². The van der Waals surface area contributed by atoms with E-state index >= 15 is 0 Å². The summed E-state index contributed by atoms with van der Waals surface area (Å²) in [5.41, 5.74) is 3.18. The van der Waals surface area contributed by atoms with Crippen molar-refractivity contribution in [2.45, 2.75) is 6.92 Å². The van der Waals surface area contributed by atoms with Crippen LogP contribution in [0.5, 0.6) is 0 Å². The average molecular weight is 222 g/mol. The summed E-state index contributed by atoms with van der Waals surface area (Å²) < 4.78 is 19.9. The molecule has 0 atom stereocenters. The van der Waals surface area contributed by atoms with Gasteiger partial charge >= 0.3 is 7.60 Å². The molecule has 0 saturated heterocycles. The van der Waals surface area contributed by atoms with Crippen molar-refractivity contribution in [1.29, 1.82) is 0 Å². The molecule has 0 aliphatic carbocycles. The normalized spacial score (nSPS) is 9.79. The molecule has 2 amide bonds. The van der Waals surface area contributed by atoms with Gasteiger partial charge in [-0.2, -0.15) is 9.25 Å². The summed E-state index contributed by atoms with van der Waals surface area (Å²) >= 11 is 0. The van der Waals surface area contributed by atoms with Gasteiger partial charge < -0.3 is 0 Å². The molecule has 0 bridgehead atoms. The van der Waals surface area contributed by atoms with E-state index in [-0.39, 0.29) is 12.8 Å². The highest BCUT2D eigenvalue weighted by molar-refractivity contribution is 7.58. The maximum Gasteiger partial charge on any atom is 0.410 e. The molecule has 14 heavy (non-hydrogen) atoms. The number of rotatable bonds is 7. The van der Waals surface area contributed by atoms with Crippen LogP contribution >= 0.6 is 7.60 Å². The smallest absolute Gasteiger partial charge is 0.277 e. The summed E-state index contributed by atoms with van der Waals surface area (Å²) in [6, 6.07) is 0. The molecule has 0 aromatic heterocycles. The summed E-state index contributed by atoms with van der Waals surface area (Å²) in [5, 5.41) is -0.429. The van der Waals surface area contributed by atoms with E-state index in [1.807, 2.05) is 0 Å². The van der Waals surface area contributed by atoms with Crippen molar-refractivity contribution < 1.29 is 28.2 Å². The van der Waals surface area contributed by atoms with Gasteiger partial charge in [-0.3, -0.25) is 9.59 Å². The van der Waals surface area contributed by atoms with Gasteiger partial charge in [0.05, 0.1) is 0 Å². The molecule has 8 nitrogen and oxygen atoms in total. The van der Waals surface area contributed by atoms with Gasteiger partial charge in [-0.05, 0) is 6.92 Å². The first kappa shape index (κ1) is 12.5. The molecular formula is C5H7N2O6P. The first-order valence-electron chi connectivity index (χ1n) is 3.18. The van der Waals surface area contributed by atoms with Gasteiger partial charge in [0.2, 0.25) is 12.8 Å². The second-order valence-corrected chi connectivity index (χ2v) is 3.87. The number of hydrogen-bond donors (Lipinski definition) is 2. The summed E-state index contributed by atoms with van der Waals surface area (Å²) in [6.07, 6.45) is 0.157. The number of nitrogens with one attached hydrogen (secondary N) is 2. The lowest BCUT2D eigenvalue weighted by Gasteiger charge is -2.13. The van der Waals surface area contributed by atoms with E-state index in [2.05, 4.69) is 9.25 Å². The Kier molecular flexibility index (Phi) is 5.43. The average Bonchev–Trinajstić information content (AvgIpc) is 2.22. The van der Waals surface area contributed by atoms with Crippen molar-refractivity contribution in [2.75, 3.05) is 0 Å². The maximum atomic E-state index is 11.5. The summed E-state index contributed by atoms with van der Waals surface area (Å²) in [5.74, 6) is 1.27. The number of carbonyl (C=O) groups excluding carboxylic acids is 3. The van der Waals surface area contributed by atoms with Crippen LogP contribution < -0.4 is 11.0 Å². The van der Waals surface area contributed by atoms with Crippen LogP contribution in [0, 0.1) is 0 Å². The van der Waals surface area contributed by atoms with Crippen LogP contribution in [0.2, 0.25) is 0 Å². The number of hydroxylamine groups is 2. The minimum atomic E-state index is -4.04. The lowest BCUT2D eigenvalue weighted by molar-refractivity contribution is -0.117. The van der Waals surface area contributed by atoms with Crippen LogP contribution in [0.1, 0.15) is 6.92 Å². The highest BCUT2D eigenvalue weighted by Gasteiger charge is 2.30. The van der Waals surface area contributed by atoms with Gasteiger partial charge in [0.25, 0.3) is 0 Å². The van der Waals surface area contributed by atoms with E-state index in [1.54, 1.807) is 11.0 Å². The molecule has 0 aliphatic rings. The van der Waals surface area contributed by atoms with Gasteiger partial charge in [0, 0.05) is 0 Å². The molecule has 0 heterocycles. The number of amides is 2. The molecule has 0 aromatic carbocycles. The van der Waals surface area contributed by atoms with Crippen LogP contribution in [0.15, 0.2) is 5.31 Å². The Hall–Kier alpha value is -1.46. The van der Waals surface area contributed by atoms with Crippen molar-refractivity contribution in [1.82, 2.24) is 11.0 Å².